The molecule has 0 aromatic rings. The normalized spacial score (nSPS) is 22.4. The van der Waals surface area contributed by atoms with Gasteiger partial charge >= 0.3 is 7.82 Å². The lowest BCUT2D eigenvalue weighted by molar-refractivity contribution is -0.158. The fourth-order valence-corrected chi connectivity index (χ4v) is 1.02. The van der Waals surface area contributed by atoms with Crippen molar-refractivity contribution in [1.29, 1.82) is 0 Å². The van der Waals surface area contributed by atoms with Gasteiger partial charge < -0.3 is 25.3 Å². The molecule has 5 N–H and O–H groups in total. The average molecular weight is 232 g/mol. The first-order valence-electron chi connectivity index (χ1n) is 3.56. The van der Waals surface area contributed by atoms with E-state index in [1.165, 1.54) is 0 Å². The van der Waals surface area contributed by atoms with E-state index >= 15 is 0 Å². The van der Waals surface area contributed by atoms with E-state index in [4.69, 9.17) is 25.3 Å². The Morgan fingerprint density at radius 2 is 1.86 bits per heavy atom. The summed E-state index contributed by atoms with van der Waals surface area (Å²) in [4.78, 5) is 8.69. The van der Waals surface area contributed by atoms with Gasteiger partial charge in [0.1, 0.15) is 12.2 Å². The Morgan fingerprint density at radius 3 is 2.21 bits per heavy atom. The van der Waals surface area contributed by atoms with Crippen molar-refractivity contribution in [2.75, 3.05) is 13.7 Å². The van der Waals surface area contributed by atoms with Gasteiger partial charge in [-0.25, -0.2) is 4.57 Å². The number of phosphoric ester groups is 1. The van der Waals surface area contributed by atoms with Gasteiger partial charge in [0.15, 0.2) is 6.29 Å². The number of hydrogen-bond donors (Lipinski definition) is 5. The fraction of sp³-hybridized carbons (Fsp3) is 1.00. The quantitative estimate of drug-likeness (QED) is 0.256. The number of aliphatic hydroxyl groups is 4. The van der Waals surface area contributed by atoms with Gasteiger partial charge in [0, 0.05) is 7.11 Å². The monoisotopic (exact) mass is 232 g/mol. The summed E-state index contributed by atoms with van der Waals surface area (Å²) in [7, 11) is -3.57. The van der Waals surface area contributed by atoms with Crippen LogP contribution in [0.2, 0.25) is 0 Å². The van der Waals surface area contributed by atoms with Crippen LogP contribution in [0.1, 0.15) is 0 Å². The van der Waals surface area contributed by atoms with Crippen LogP contribution in [-0.2, 0) is 13.6 Å². The molecule has 4 atom stereocenters. The molecule has 0 fully saturated rings. The molecule has 0 spiro atoms. The summed E-state index contributed by atoms with van der Waals surface area (Å²) in [6.45, 7) is -0.829. The standard InChI is InChI=1S/C5H13O8P/c1-12-14(10,11)13-5(9)4(8)3(7)2-6/h3-9H,2H2,1H3,(H,10,11)/t3-,4+,5?/m1/s1. The molecule has 0 aromatic carbocycles. The van der Waals surface area contributed by atoms with E-state index in [0.29, 0.717) is 0 Å². The highest BCUT2D eigenvalue weighted by molar-refractivity contribution is 7.47. The van der Waals surface area contributed by atoms with E-state index in [0.717, 1.165) is 7.11 Å². The predicted octanol–water partition coefficient (Wildman–Crippen LogP) is -2.22. The molecule has 9 heteroatoms. The van der Waals surface area contributed by atoms with Crippen molar-refractivity contribution in [3.05, 3.63) is 0 Å². The van der Waals surface area contributed by atoms with E-state index in [-0.39, 0.29) is 0 Å². The summed E-state index contributed by atoms with van der Waals surface area (Å²) in [5.74, 6) is 0. The van der Waals surface area contributed by atoms with Crippen LogP contribution in [0.25, 0.3) is 0 Å². The SMILES string of the molecule is COP(=O)(O)OC(O)[C@@H](O)[C@H](O)CO. The minimum Gasteiger partial charge on any atom is -0.394 e. The Bertz CT molecular complexity index is 208. The zero-order valence-corrected chi connectivity index (χ0v) is 8.24. The van der Waals surface area contributed by atoms with E-state index in [1.54, 1.807) is 0 Å². The molecule has 14 heavy (non-hydrogen) atoms. The lowest BCUT2D eigenvalue weighted by Gasteiger charge is -2.22. The molecular weight excluding hydrogens is 219 g/mol. The van der Waals surface area contributed by atoms with Gasteiger partial charge in [-0.3, -0.25) is 9.05 Å². The van der Waals surface area contributed by atoms with Crippen molar-refractivity contribution in [2.24, 2.45) is 0 Å². The molecule has 0 aliphatic carbocycles. The number of phosphoric acid groups is 1. The lowest BCUT2D eigenvalue weighted by atomic mass is 10.2. The van der Waals surface area contributed by atoms with Crippen LogP contribution in [-0.4, -0.2) is 57.5 Å². The maximum Gasteiger partial charge on any atom is 0.474 e. The van der Waals surface area contributed by atoms with Gasteiger partial charge in [0.05, 0.1) is 6.61 Å². The lowest BCUT2D eigenvalue weighted by Crippen LogP contribution is -2.40. The first-order valence-corrected chi connectivity index (χ1v) is 5.05. The molecule has 0 saturated heterocycles. The molecule has 0 aromatic heterocycles. The number of aliphatic hydroxyl groups excluding tert-OH is 4. The van der Waals surface area contributed by atoms with E-state index in [1.807, 2.05) is 0 Å². The smallest absolute Gasteiger partial charge is 0.394 e. The Hall–Kier alpha value is -0.0500. The van der Waals surface area contributed by atoms with Crippen molar-refractivity contribution >= 4 is 7.82 Å². The van der Waals surface area contributed by atoms with Crippen molar-refractivity contribution < 1.29 is 38.9 Å². The second-order valence-corrected chi connectivity index (χ2v) is 3.90. The van der Waals surface area contributed by atoms with Gasteiger partial charge in [0.2, 0.25) is 0 Å². The Labute approximate surface area is 79.9 Å². The highest BCUT2D eigenvalue weighted by Gasteiger charge is 2.32. The van der Waals surface area contributed by atoms with Crippen molar-refractivity contribution in [1.82, 2.24) is 0 Å². The zero-order valence-electron chi connectivity index (χ0n) is 7.35. The second-order valence-electron chi connectivity index (χ2n) is 2.39. The molecule has 2 unspecified atom stereocenters. The molecule has 0 bridgehead atoms. The van der Waals surface area contributed by atoms with Crippen LogP contribution in [0.5, 0.6) is 0 Å². The zero-order chi connectivity index (χ0) is 11.4. The predicted molar refractivity (Wildman–Crippen MR) is 43.0 cm³/mol. The summed E-state index contributed by atoms with van der Waals surface area (Å²) in [6, 6.07) is 0. The van der Waals surface area contributed by atoms with Crippen molar-refractivity contribution in [2.45, 2.75) is 18.5 Å². The van der Waals surface area contributed by atoms with E-state index in [9.17, 15) is 4.57 Å². The summed E-state index contributed by atoms with van der Waals surface area (Å²) in [5.41, 5.74) is 0. The van der Waals surface area contributed by atoms with Gasteiger partial charge in [-0.15, -0.1) is 0 Å². The van der Waals surface area contributed by atoms with E-state index < -0.39 is 32.9 Å². The molecule has 0 aliphatic rings. The van der Waals surface area contributed by atoms with Crippen LogP contribution >= 0.6 is 7.82 Å². The maximum absolute atomic E-state index is 10.7. The largest absolute Gasteiger partial charge is 0.474 e. The molecule has 0 saturated carbocycles. The molecule has 0 radical (unpaired) electrons. The molecular formula is C5H13O8P. The Kier molecular flexibility index (Phi) is 5.72. The van der Waals surface area contributed by atoms with Crippen LogP contribution in [0, 0.1) is 0 Å². The summed E-state index contributed by atoms with van der Waals surface area (Å²) in [5, 5.41) is 35.1. The van der Waals surface area contributed by atoms with Gasteiger partial charge in [-0.05, 0) is 0 Å². The number of hydrogen-bond acceptors (Lipinski definition) is 7. The van der Waals surface area contributed by atoms with Gasteiger partial charge in [-0.2, -0.15) is 0 Å². The number of rotatable bonds is 6. The van der Waals surface area contributed by atoms with Crippen molar-refractivity contribution in [3.63, 3.8) is 0 Å². The second kappa shape index (κ2) is 5.74. The molecule has 0 aliphatic heterocycles. The molecule has 0 heterocycles. The third-order valence-electron chi connectivity index (χ3n) is 1.35. The summed E-state index contributed by atoms with van der Waals surface area (Å²) >= 11 is 0. The third kappa shape index (κ3) is 4.45. The highest BCUT2D eigenvalue weighted by atomic mass is 31.2. The Balaban J connectivity index is 4.20. The molecule has 0 rings (SSSR count). The molecule has 0 amide bonds. The van der Waals surface area contributed by atoms with Crippen molar-refractivity contribution in [3.8, 4) is 0 Å². The Morgan fingerprint density at radius 1 is 1.36 bits per heavy atom. The van der Waals surface area contributed by atoms with Gasteiger partial charge in [-0.1, -0.05) is 0 Å². The first kappa shape index (κ1) is 13.9. The fourth-order valence-electron chi connectivity index (χ4n) is 0.540. The topological polar surface area (TPSA) is 137 Å². The van der Waals surface area contributed by atoms with Crippen LogP contribution < -0.4 is 0 Å². The first-order chi connectivity index (χ1) is 6.34. The van der Waals surface area contributed by atoms with Gasteiger partial charge in [0.25, 0.3) is 0 Å². The third-order valence-corrected chi connectivity index (χ3v) is 2.29. The average Bonchev–Trinajstić information content (AvgIpc) is 2.14. The molecule has 86 valence electrons. The maximum atomic E-state index is 10.7. The minimum atomic E-state index is -4.44. The van der Waals surface area contributed by atoms with Crippen LogP contribution in [0.3, 0.4) is 0 Å². The minimum absolute atomic E-state index is 0.829. The van der Waals surface area contributed by atoms with E-state index in [2.05, 4.69) is 9.05 Å². The summed E-state index contributed by atoms with van der Waals surface area (Å²) < 4.78 is 18.6. The highest BCUT2D eigenvalue weighted by Crippen LogP contribution is 2.43. The molecule has 8 nitrogen and oxygen atoms in total. The summed E-state index contributed by atoms with van der Waals surface area (Å²) in [6.07, 6.45) is -5.72. The van der Waals surface area contributed by atoms with Crippen LogP contribution in [0.4, 0.5) is 0 Å². The van der Waals surface area contributed by atoms with Crippen LogP contribution in [0.15, 0.2) is 0 Å².